The molecule has 1 heterocycles. The third-order valence-electron chi connectivity index (χ3n) is 2.17. The van der Waals surface area contributed by atoms with Crippen LogP contribution in [-0.4, -0.2) is 29.5 Å². The van der Waals surface area contributed by atoms with Crippen LogP contribution in [0.25, 0.3) is 0 Å². The number of nitrogens with zero attached hydrogens (tertiary/aromatic N) is 1. The van der Waals surface area contributed by atoms with Gasteiger partial charge in [0.2, 0.25) is 0 Å². The van der Waals surface area contributed by atoms with Crippen LogP contribution >= 0.6 is 12.4 Å². The van der Waals surface area contributed by atoms with Gasteiger partial charge in [-0.1, -0.05) is 0 Å². The molecule has 1 aromatic heterocycles. The first-order valence-corrected chi connectivity index (χ1v) is 4.88. The summed E-state index contributed by atoms with van der Waals surface area (Å²) in [6, 6.07) is 2.45. The van der Waals surface area contributed by atoms with Gasteiger partial charge in [-0.2, -0.15) is 0 Å². The van der Waals surface area contributed by atoms with E-state index in [9.17, 15) is 18.4 Å². The Labute approximate surface area is 108 Å². The van der Waals surface area contributed by atoms with Crippen LogP contribution in [0.1, 0.15) is 10.4 Å². The summed E-state index contributed by atoms with van der Waals surface area (Å²) in [7, 11) is 1.52. The quantitative estimate of drug-likeness (QED) is 0.824. The smallest absolute Gasteiger partial charge is 0.277 e. The van der Waals surface area contributed by atoms with E-state index in [4.69, 9.17) is 5.73 Å². The van der Waals surface area contributed by atoms with Crippen molar-refractivity contribution in [3.8, 4) is 0 Å². The number of carbonyl (C=O) groups is 1. The Morgan fingerprint density at radius 2 is 2.17 bits per heavy atom. The van der Waals surface area contributed by atoms with Gasteiger partial charge in [0.05, 0.1) is 13.1 Å². The second-order valence-corrected chi connectivity index (χ2v) is 3.61. The number of carbonyl (C=O) groups excluding carboxylic acids is 1. The van der Waals surface area contributed by atoms with Gasteiger partial charge in [0.25, 0.3) is 17.4 Å². The number of aryl methyl sites for hydroxylation is 1. The monoisotopic (exact) mass is 281 g/mol. The molecule has 18 heavy (non-hydrogen) atoms. The SMILES string of the molecule is Cl.Cn1ccc(C(=O)NCC(F)(F)CN)cc1=O. The van der Waals surface area contributed by atoms with Crippen molar-refractivity contribution in [1.29, 1.82) is 0 Å². The molecule has 102 valence electrons. The fourth-order valence-corrected chi connectivity index (χ4v) is 1.07. The lowest BCUT2D eigenvalue weighted by atomic mass is 10.2. The van der Waals surface area contributed by atoms with E-state index >= 15 is 0 Å². The Morgan fingerprint density at radius 3 is 2.67 bits per heavy atom. The molecule has 0 atom stereocenters. The minimum absolute atomic E-state index is 0. The fraction of sp³-hybridized carbons (Fsp3) is 0.400. The highest BCUT2D eigenvalue weighted by atomic mass is 35.5. The maximum absolute atomic E-state index is 12.8. The van der Waals surface area contributed by atoms with Crippen LogP contribution < -0.4 is 16.6 Å². The number of nitrogens with one attached hydrogen (secondary N) is 1. The summed E-state index contributed by atoms with van der Waals surface area (Å²) in [6.07, 6.45) is 1.39. The molecule has 1 aromatic rings. The normalized spacial score (nSPS) is 10.7. The molecule has 0 aromatic carbocycles. The molecule has 0 fully saturated rings. The van der Waals surface area contributed by atoms with Gasteiger partial charge in [-0.05, 0) is 6.07 Å². The van der Waals surface area contributed by atoms with E-state index in [1.807, 2.05) is 5.32 Å². The number of nitrogens with two attached hydrogens (primary N) is 1. The number of hydrogen-bond acceptors (Lipinski definition) is 3. The first-order valence-electron chi connectivity index (χ1n) is 4.88. The molecule has 0 aliphatic carbocycles. The van der Waals surface area contributed by atoms with E-state index in [2.05, 4.69) is 0 Å². The predicted octanol–water partition coefficient (Wildman–Crippen LogP) is 0.131. The minimum atomic E-state index is -3.14. The van der Waals surface area contributed by atoms with E-state index in [0.29, 0.717) is 0 Å². The molecule has 0 unspecified atom stereocenters. The lowest BCUT2D eigenvalue weighted by Crippen LogP contribution is -2.41. The second-order valence-electron chi connectivity index (χ2n) is 3.61. The van der Waals surface area contributed by atoms with Crippen molar-refractivity contribution in [2.75, 3.05) is 13.1 Å². The summed E-state index contributed by atoms with van der Waals surface area (Å²) in [5, 5.41) is 2.02. The molecule has 0 bridgehead atoms. The number of pyridine rings is 1. The number of amides is 1. The molecule has 3 N–H and O–H groups in total. The van der Waals surface area contributed by atoms with E-state index < -0.39 is 24.9 Å². The predicted molar refractivity (Wildman–Crippen MR) is 65.3 cm³/mol. The van der Waals surface area contributed by atoms with Gasteiger partial charge in [-0.3, -0.25) is 9.59 Å². The summed E-state index contributed by atoms with van der Waals surface area (Å²) in [5.74, 6) is -3.87. The molecule has 0 aliphatic rings. The lowest BCUT2D eigenvalue weighted by Gasteiger charge is -2.14. The van der Waals surface area contributed by atoms with E-state index in [1.165, 1.54) is 23.9 Å². The lowest BCUT2D eigenvalue weighted by molar-refractivity contribution is 0.0118. The zero-order valence-corrected chi connectivity index (χ0v) is 10.5. The van der Waals surface area contributed by atoms with Gasteiger partial charge in [-0.25, -0.2) is 8.78 Å². The van der Waals surface area contributed by atoms with Crippen LogP contribution in [0, 0.1) is 0 Å². The van der Waals surface area contributed by atoms with Crippen molar-refractivity contribution in [3.05, 3.63) is 34.2 Å². The van der Waals surface area contributed by atoms with Gasteiger partial charge < -0.3 is 15.6 Å². The van der Waals surface area contributed by atoms with Crippen molar-refractivity contribution < 1.29 is 13.6 Å². The molecule has 0 spiro atoms. The Balaban J connectivity index is 0.00000289. The fourth-order valence-electron chi connectivity index (χ4n) is 1.07. The highest BCUT2D eigenvalue weighted by Gasteiger charge is 2.27. The summed E-state index contributed by atoms with van der Waals surface area (Å²) < 4.78 is 26.8. The number of hydrogen-bond donors (Lipinski definition) is 2. The number of alkyl halides is 2. The third kappa shape index (κ3) is 4.42. The van der Waals surface area contributed by atoms with Crippen LogP contribution in [0.15, 0.2) is 23.1 Å². The van der Waals surface area contributed by atoms with Crippen molar-refractivity contribution in [2.45, 2.75) is 5.92 Å². The summed E-state index contributed by atoms with van der Waals surface area (Å²) in [4.78, 5) is 22.7. The number of rotatable bonds is 4. The molecule has 0 radical (unpaired) electrons. The Morgan fingerprint density at radius 1 is 1.56 bits per heavy atom. The maximum Gasteiger partial charge on any atom is 0.277 e. The topological polar surface area (TPSA) is 77.1 Å². The zero-order chi connectivity index (χ0) is 13.1. The second kappa shape index (κ2) is 6.46. The van der Waals surface area contributed by atoms with Crippen LogP contribution in [-0.2, 0) is 7.05 Å². The van der Waals surface area contributed by atoms with Gasteiger partial charge in [0, 0.05) is 24.9 Å². The molecular formula is C10H14ClF2N3O2. The average molecular weight is 282 g/mol. The Hall–Kier alpha value is -1.47. The molecule has 5 nitrogen and oxygen atoms in total. The Bertz CT molecular complexity index is 476. The Kier molecular flexibility index (Phi) is 5.93. The largest absolute Gasteiger partial charge is 0.346 e. The molecule has 1 amide bonds. The van der Waals surface area contributed by atoms with Crippen LogP contribution in [0.5, 0.6) is 0 Å². The molecule has 0 aliphatic heterocycles. The average Bonchev–Trinajstić information content (AvgIpc) is 2.30. The third-order valence-corrected chi connectivity index (χ3v) is 2.17. The van der Waals surface area contributed by atoms with Crippen molar-refractivity contribution in [1.82, 2.24) is 9.88 Å². The highest BCUT2D eigenvalue weighted by molar-refractivity contribution is 5.93. The van der Waals surface area contributed by atoms with Crippen molar-refractivity contribution >= 4 is 18.3 Å². The molecule has 0 saturated carbocycles. The van der Waals surface area contributed by atoms with Gasteiger partial charge in [0.15, 0.2) is 0 Å². The van der Waals surface area contributed by atoms with E-state index in [0.717, 1.165) is 6.07 Å². The van der Waals surface area contributed by atoms with Crippen molar-refractivity contribution in [3.63, 3.8) is 0 Å². The van der Waals surface area contributed by atoms with Gasteiger partial charge in [0.1, 0.15) is 0 Å². The van der Waals surface area contributed by atoms with Crippen LogP contribution in [0.2, 0.25) is 0 Å². The van der Waals surface area contributed by atoms with Crippen molar-refractivity contribution in [2.24, 2.45) is 12.8 Å². The molecule has 0 saturated heterocycles. The van der Waals surface area contributed by atoms with Gasteiger partial charge in [-0.15, -0.1) is 12.4 Å². The van der Waals surface area contributed by atoms with Crippen LogP contribution in [0.3, 0.4) is 0 Å². The number of aromatic nitrogens is 1. The summed E-state index contributed by atoms with van der Waals surface area (Å²) in [6.45, 7) is -1.69. The standard InChI is InChI=1S/C10H13F2N3O2.ClH/c1-15-3-2-7(4-8(15)16)9(17)14-6-10(11,12)5-13;/h2-4H,5-6,13H2,1H3,(H,14,17);1H. The molecule has 1 rings (SSSR count). The highest BCUT2D eigenvalue weighted by Crippen LogP contribution is 2.09. The maximum atomic E-state index is 12.8. The zero-order valence-electron chi connectivity index (χ0n) is 9.65. The van der Waals surface area contributed by atoms with Crippen LogP contribution in [0.4, 0.5) is 8.78 Å². The molecule has 8 heteroatoms. The van der Waals surface area contributed by atoms with Gasteiger partial charge >= 0.3 is 0 Å². The number of halogens is 3. The first kappa shape index (κ1) is 16.5. The first-order chi connectivity index (χ1) is 7.85. The summed E-state index contributed by atoms with van der Waals surface area (Å²) >= 11 is 0. The van der Waals surface area contributed by atoms with E-state index in [1.54, 1.807) is 0 Å². The minimum Gasteiger partial charge on any atom is -0.346 e. The molecular weight excluding hydrogens is 268 g/mol. The summed E-state index contributed by atoms with van der Waals surface area (Å²) in [5.41, 5.74) is 4.48. The van der Waals surface area contributed by atoms with E-state index in [-0.39, 0.29) is 23.5 Å².